The van der Waals surface area contributed by atoms with Gasteiger partial charge in [-0.1, -0.05) is 0 Å². The number of halogens is 1. The van der Waals surface area contributed by atoms with Crippen molar-refractivity contribution < 1.29 is 14.3 Å². The number of aryl methyl sites for hydroxylation is 1. The van der Waals surface area contributed by atoms with Gasteiger partial charge in [0.25, 0.3) is 0 Å². The standard InChI is InChI=1S/C11H13IO3/c1-3-14-11(13)7-15-10-5-4-9(12)6-8(10)2/h4-6H,3,7H2,1-2H3. The van der Waals surface area contributed by atoms with Gasteiger partial charge in [0.1, 0.15) is 5.75 Å². The van der Waals surface area contributed by atoms with Crippen LogP contribution in [0.15, 0.2) is 18.2 Å². The summed E-state index contributed by atoms with van der Waals surface area (Å²) in [7, 11) is 0. The smallest absolute Gasteiger partial charge is 0.344 e. The van der Waals surface area contributed by atoms with Crippen LogP contribution in [0.25, 0.3) is 0 Å². The van der Waals surface area contributed by atoms with E-state index in [9.17, 15) is 4.79 Å². The normalized spacial score (nSPS) is 9.80. The second-order valence-electron chi connectivity index (χ2n) is 3.00. The maximum absolute atomic E-state index is 11.0. The number of hydrogen-bond acceptors (Lipinski definition) is 3. The number of rotatable bonds is 4. The summed E-state index contributed by atoms with van der Waals surface area (Å²) in [5.41, 5.74) is 1.02. The Hall–Kier alpha value is -0.780. The van der Waals surface area contributed by atoms with Crippen molar-refractivity contribution in [3.05, 3.63) is 27.3 Å². The van der Waals surface area contributed by atoms with Crippen molar-refractivity contribution in [3.8, 4) is 5.75 Å². The lowest BCUT2D eigenvalue weighted by atomic mass is 10.2. The average Bonchev–Trinajstić information content (AvgIpc) is 2.17. The van der Waals surface area contributed by atoms with Gasteiger partial charge in [-0.15, -0.1) is 0 Å². The van der Waals surface area contributed by atoms with E-state index in [-0.39, 0.29) is 12.6 Å². The minimum Gasteiger partial charge on any atom is -0.482 e. The van der Waals surface area contributed by atoms with Crippen LogP contribution in [-0.2, 0) is 9.53 Å². The molecule has 0 aliphatic heterocycles. The molecule has 0 aliphatic rings. The first-order valence-corrected chi connectivity index (χ1v) is 5.76. The molecule has 0 aliphatic carbocycles. The van der Waals surface area contributed by atoms with Gasteiger partial charge in [0.05, 0.1) is 6.61 Å². The molecule has 0 atom stereocenters. The van der Waals surface area contributed by atoms with Crippen molar-refractivity contribution in [2.45, 2.75) is 13.8 Å². The minimum atomic E-state index is -0.338. The van der Waals surface area contributed by atoms with Gasteiger partial charge in [-0.25, -0.2) is 4.79 Å². The van der Waals surface area contributed by atoms with Gasteiger partial charge in [0.15, 0.2) is 6.61 Å². The first-order chi connectivity index (χ1) is 7.13. The molecule has 0 radical (unpaired) electrons. The summed E-state index contributed by atoms with van der Waals surface area (Å²) in [6, 6.07) is 5.80. The molecule has 0 aromatic heterocycles. The maximum Gasteiger partial charge on any atom is 0.344 e. The summed E-state index contributed by atoms with van der Waals surface area (Å²) in [6.45, 7) is 4.07. The van der Waals surface area contributed by atoms with Crippen LogP contribution in [0, 0.1) is 10.5 Å². The van der Waals surface area contributed by atoms with Gasteiger partial charge >= 0.3 is 5.97 Å². The Morgan fingerprint density at radius 2 is 2.20 bits per heavy atom. The molecule has 0 heterocycles. The third kappa shape index (κ3) is 4.07. The van der Waals surface area contributed by atoms with Crippen molar-refractivity contribution in [2.75, 3.05) is 13.2 Å². The first-order valence-electron chi connectivity index (χ1n) is 4.68. The van der Waals surface area contributed by atoms with E-state index >= 15 is 0 Å². The van der Waals surface area contributed by atoms with E-state index in [0.29, 0.717) is 6.61 Å². The third-order valence-corrected chi connectivity index (χ3v) is 2.46. The van der Waals surface area contributed by atoms with Gasteiger partial charge < -0.3 is 9.47 Å². The van der Waals surface area contributed by atoms with Crippen LogP contribution in [0.3, 0.4) is 0 Å². The summed E-state index contributed by atoms with van der Waals surface area (Å²) in [5.74, 6) is 0.388. The van der Waals surface area contributed by atoms with Gasteiger partial charge in [0.2, 0.25) is 0 Å². The molecule has 15 heavy (non-hydrogen) atoms. The van der Waals surface area contributed by atoms with Crippen molar-refractivity contribution in [1.82, 2.24) is 0 Å². The van der Waals surface area contributed by atoms with Crippen LogP contribution in [0.4, 0.5) is 0 Å². The second-order valence-corrected chi connectivity index (χ2v) is 4.25. The fourth-order valence-electron chi connectivity index (χ4n) is 1.11. The molecule has 0 saturated heterocycles. The Kier molecular flexibility index (Phi) is 4.87. The van der Waals surface area contributed by atoms with Crippen molar-refractivity contribution >= 4 is 28.6 Å². The summed E-state index contributed by atoms with van der Waals surface area (Å²) in [6.07, 6.45) is 0. The van der Waals surface area contributed by atoms with Crippen molar-refractivity contribution in [3.63, 3.8) is 0 Å². The molecule has 0 fully saturated rings. The quantitative estimate of drug-likeness (QED) is 0.632. The van der Waals surface area contributed by atoms with Gasteiger partial charge in [-0.2, -0.15) is 0 Å². The van der Waals surface area contributed by atoms with Crippen molar-refractivity contribution in [2.24, 2.45) is 0 Å². The Morgan fingerprint density at radius 3 is 2.80 bits per heavy atom. The van der Waals surface area contributed by atoms with Gasteiger partial charge in [0, 0.05) is 3.57 Å². The first kappa shape index (κ1) is 12.3. The molecular weight excluding hydrogens is 307 g/mol. The van der Waals surface area contributed by atoms with Crippen LogP contribution in [0.1, 0.15) is 12.5 Å². The van der Waals surface area contributed by atoms with Gasteiger partial charge in [-0.05, 0) is 60.2 Å². The fourth-order valence-corrected chi connectivity index (χ4v) is 1.76. The minimum absolute atomic E-state index is 0.0325. The number of ether oxygens (including phenoxy) is 2. The van der Waals surface area contributed by atoms with E-state index in [1.54, 1.807) is 6.92 Å². The molecule has 0 unspecified atom stereocenters. The molecule has 0 bridgehead atoms. The molecule has 3 nitrogen and oxygen atoms in total. The van der Waals surface area contributed by atoms with Crippen LogP contribution < -0.4 is 4.74 Å². The number of hydrogen-bond donors (Lipinski definition) is 0. The predicted octanol–water partition coefficient (Wildman–Crippen LogP) is 2.54. The summed E-state index contributed by atoms with van der Waals surface area (Å²) < 4.78 is 11.2. The molecule has 0 spiro atoms. The highest BCUT2D eigenvalue weighted by atomic mass is 127. The van der Waals surface area contributed by atoms with E-state index in [2.05, 4.69) is 22.6 Å². The molecule has 0 amide bonds. The number of carbonyl (C=O) groups is 1. The number of esters is 1. The van der Waals surface area contributed by atoms with E-state index in [1.807, 2.05) is 25.1 Å². The molecule has 1 aromatic carbocycles. The van der Waals surface area contributed by atoms with Crippen LogP contribution in [0.5, 0.6) is 5.75 Å². The molecule has 4 heteroatoms. The molecule has 1 rings (SSSR count). The van der Waals surface area contributed by atoms with E-state index in [0.717, 1.165) is 14.9 Å². The lowest BCUT2D eigenvalue weighted by Gasteiger charge is -2.08. The SMILES string of the molecule is CCOC(=O)COc1ccc(I)cc1C. The molecule has 1 aromatic rings. The molecule has 0 saturated carbocycles. The fraction of sp³-hybridized carbons (Fsp3) is 0.364. The zero-order valence-corrected chi connectivity index (χ0v) is 10.9. The Morgan fingerprint density at radius 1 is 1.47 bits per heavy atom. The van der Waals surface area contributed by atoms with Crippen LogP contribution in [0.2, 0.25) is 0 Å². The molecule has 82 valence electrons. The molecular formula is C11H13IO3. The largest absolute Gasteiger partial charge is 0.482 e. The lowest BCUT2D eigenvalue weighted by molar-refractivity contribution is -0.145. The Labute approximate surface area is 103 Å². The van der Waals surface area contributed by atoms with Crippen molar-refractivity contribution in [1.29, 1.82) is 0 Å². The van der Waals surface area contributed by atoms with Crippen LogP contribution in [-0.4, -0.2) is 19.2 Å². The zero-order valence-electron chi connectivity index (χ0n) is 8.75. The third-order valence-electron chi connectivity index (χ3n) is 1.79. The number of benzene rings is 1. The van der Waals surface area contributed by atoms with E-state index < -0.39 is 0 Å². The Balaban J connectivity index is 2.54. The maximum atomic E-state index is 11.0. The topological polar surface area (TPSA) is 35.5 Å². The van der Waals surface area contributed by atoms with Gasteiger partial charge in [-0.3, -0.25) is 0 Å². The molecule has 0 N–H and O–H groups in total. The average molecular weight is 320 g/mol. The van der Waals surface area contributed by atoms with E-state index in [1.165, 1.54) is 0 Å². The van der Waals surface area contributed by atoms with E-state index in [4.69, 9.17) is 9.47 Å². The zero-order chi connectivity index (χ0) is 11.3. The second kappa shape index (κ2) is 5.95. The summed E-state index contributed by atoms with van der Waals surface area (Å²) >= 11 is 2.23. The highest BCUT2D eigenvalue weighted by Crippen LogP contribution is 2.19. The van der Waals surface area contributed by atoms with Crippen LogP contribution >= 0.6 is 22.6 Å². The number of carbonyl (C=O) groups excluding carboxylic acids is 1. The Bertz CT molecular complexity index is 350. The lowest BCUT2D eigenvalue weighted by Crippen LogP contribution is -2.14. The summed E-state index contributed by atoms with van der Waals surface area (Å²) in [5, 5.41) is 0. The highest BCUT2D eigenvalue weighted by molar-refractivity contribution is 14.1. The highest BCUT2D eigenvalue weighted by Gasteiger charge is 2.05. The monoisotopic (exact) mass is 320 g/mol. The predicted molar refractivity (Wildman–Crippen MR) is 66.0 cm³/mol. The summed E-state index contributed by atoms with van der Waals surface area (Å²) in [4.78, 5) is 11.0.